The van der Waals surface area contributed by atoms with E-state index >= 15 is 0 Å². The van der Waals surface area contributed by atoms with Crippen LogP contribution in [0.25, 0.3) is 11.3 Å². The summed E-state index contributed by atoms with van der Waals surface area (Å²) in [6.45, 7) is 5.49. The normalized spacial score (nSPS) is 12.4. The predicted molar refractivity (Wildman–Crippen MR) is 130 cm³/mol. The van der Waals surface area contributed by atoms with Gasteiger partial charge in [0.15, 0.2) is 0 Å². The fourth-order valence-corrected chi connectivity index (χ4v) is 3.54. The van der Waals surface area contributed by atoms with Crippen molar-refractivity contribution in [2.45, 2.75) is 38.8 Å². The quantitative estimate of drug-likeness (QED) is 0.355. The van der Waals surface area contributed by atoms with Gasteiger partial charge in [-0.25, -0.2) is 9.78 Å². The van der Waals surface area contributed by atoms with Crippen molar-refractivity contribution in [3.8, 4) is 17.0 Å². The maximum atomic E-state index is 12.3. The van der Waals surface area contributed by atoms with Crippen LogP contribution in [0.3, 0.4) is 0 Å². The van der Waals surface area contributed by atoms with Crippen molar-refractivity contribution in [2.75, 3.05) is 12.5 Å². The van der Waals surface area contributed by atoms with E-state index in [0.29, 0.717) is 11.6 Å². The van der Waals surface area contributed by atoms with Gasteiger partial charge < -0.3 is 14.8 Å². The number of amides is 1. The van der Waals surface area contributed by atoms with E-state index in [0.717, 1.165) is 22.6 Å². The van der Waals surface area contributed by atoms with Gasteiger partial charge in [-0.2, -0.15) is 5.10 Å². The molecule has 2 aromatic carbocycles. The summed E-state index contributed by atoms with van der Waals surface area (Å²) in [6.07, 6.45) is 1.76. The summed E-state index contributed by atoms with van der Waals surface area (Å²) in [5.74, 6) is 0.800. The van der Waals surface area contributed by atoms with Gasteiger partial charge in [0.05, 0.1) is 18.8 Å². The smallest absolute Gasteiger partial charge is 0.408 e. The largest absolute Gasteiger partial charge is 0.497 e. The SMILES string of the molecule is COc1ccc(-c2csc(N/N=C/[C@H](Cc3ccccc3)NC(=O)OC(C)(C)C)n2)cc1. The molecule has 1 aromatic heterocycles. The Balaban J connectivity index is 1.65. The standard InChI is InChI=1S/C24H28N4O3S/c1-24(2,3)31-23(29)26-19(14-17-8-6-5-7-9-17)15-25-28-22-27-21(16-32-22)18-10-12-20(30-4)13-11-18/h5-13,15-16,19H,14H2,1-4H3,(H,26,29)(H,27,28)/b25-15+/t19-/m0/s1. The molecule has 3 aromatic rings. The maximum absolute atomic E-state index is 12.3. The first kappa shape index (κ1) is 23.3. The van der Waals surface area contributed by atoms with Crippen molar-refractivity contribution in [3.63, 3.8) is 0 Å². The van der Waals surface area contributed by atoms with Crippen molar-refractivity contribution < 1.29 is 14.3 Å². The molecule has 1 atom stereocenters. The molecule has 8 heteroatoms. The summed E-state index contributed by atoms with van der Waals surface area (Å²) in [5.41, 5.74) is 5.30. The highest BCUT2D eigenvalue weighted by Gasteiger charge is 2.19. The number of benzene rings is 2. The number of rotatable bonds is 8. The molecular weight excluding hydrogens is 424 g/mol. The number of hydrazone groups is 1. The van der Waals surface area contributed by atoms with Crippen LogP contribution in [0.5, 0.6) is 5.75 Å². The fourth-order valence-electron chi connectivity index (χ4n) is 2.87. The number of carbonyl (C=O) groups excluding carboxylic acids is 1. The van der Waals surface area contributed by atoms with Gasteiger partial charge in [0.2, 0.25) is 5.13 Å². The number of methoxy groups -OCH3 is 1. The number of alkyl carbamates (subject to hydrolysis) is 1. The Bertz CT molecular complexity index is 1030. The lowest BCUT2D eigenvalue weighted by molar-refractivity contribution is 0.0519. The molecule has 0 bridgehead atoms. The zero-order chi connectivity index (χ0) is 23.0. The van der Waals surface area contributed by atoms with Gasteiger partial charge in [-0.3, -0.25) is 5.43 Å². The monoisotopic (exact) mass is 452 g/mol. The van der Waals surface area contributed by atoms with Crippen LogP contribution in [-0.2, 0) is 11.2 Å². The predicted octanol–water partition coefficient (Wildman–Crippen LogP) is 5.35. The van der Waals surface area contributed by atoms with Crippen LogP contribution in [-0.4, -0.2) is 36.0 Å². The number of anilines is 1. The minimum Gasteiger partial charge on any atom is -0.497 e. The van der Waals surface area contributed by atoms with Gasteiger partial charge in [0.1, 0.15) is 11.4 Å². The first-order chi connectivity index (χ1) is 15.3. The number of hydrogen-bond donors (Lipinski definition) is 2. The number of aromatic nitrogens is 1. The summed E-state index contributed by atoms with van der Waals surface area (Å²) < 4.78 is 10.6. The van der Waals surface area contributed by atoms with Crippen molar-refractivity contribution >= 4 is 28.8 Å². The average Bonchev–Trinajstić information content (AvgIpc) is 3.22. The van der Waals surface area contributed by atoms with Gasteiger partial charge in [0, 0.05) is 17.2 Å². The molecule has 7 nitrogen and oxygen atoms in total. The van der Waals surface area contributed by atoms with Gasteiger partial charge in [0.25, 0.3) is 0 Å². The van der Waals surface area contributed by atoms with Crippen LogP contribution in [0, 0.1) is 0 Å². The third-order valence-electron chi connectivity index (χ3n) is 4.31. The third-order valence-corrected chi connectivity index (χ3v) is 5.05. The molecule has 2 N–H and O–H groups in total. The Hall–Kier alpha value is -3.39. The maximum Gasteiger partial charge on any atom is 0.408 e. The number of hydrogen-bond acceptors (Lipinski definition) is 7. The Kier molecular flexibility index (Phi) is 7.83. The number of carbonyl (C=O) groups is 1. The molecule has 1 heterocycles. The molecule has 0 fully saturated rings. The van der Waals surface area contributed by atoms with Crippen LogP contribution < -0.4 is 15.5 Å². The Morgan fingerprint density at radius 1 is 1.16 bits per heavy atom. The Labute approximate surface area is 192 Å². The number of ether oxygens (including phenoxy) is 2. The van der Waals surface area contributed by atoms with E-state index < -0.39 is 11.7 Å². The zero-order valence-electron chi connectivity index (χ0n) is 18.7. The molecule has 0 aliphatic rings. The topological polar surface area (TPSA) is 84.8 Å². The van der Waals surface area contributed by atoms with Gasteiger partial charge in [-0.05, 0) is 57.0 Å². The molecular formula is C24H28N4O3S. The van der Waals surface area contributed by atoms with Crippen LogP contribution >= 0.6 is 11.3 Å². The van der Waals surface area contributed by atoms with E-state index in [1.807, 2.05) is 80.7 Å². The van der Waals surface area contributed by atoms with E-state index in [1.165, 1.54) is 11.3 Å². The number of nitrogens with one attached hydrogen (secondary N) is 2. The molecule has 32 heavy (non-hydrogen) atoms. The molecule has 0 unspecified atom stereocenters. The molecule has 0 aliphatic heterocycles. The van der Waals surface area contributed by atoms with Crippen molar-refractivity contribution in [1.82, 2.24) is 10.3 Å². The average molecular weight is 453 g/mol. The summed E-state index contributed by atoms with van der Waals surface area (Å²) >= 11 is 1.45. The van der Waals surface area contributed by atoms with E-state index in [2.05, 4.69) is 20.8 Å². The van der Waals surface area contributed by atoms with E-state index in [1.54, 1.807) is 13.3 Å². The highest BCUT2D eigenvalue weighted by Crippen LogP contribution is 2.26. The van der Waals surface area contributed by atoms with E-state index in [9.17, 15) is 4.79 Å². The van der Waals surface area contributed by atoms with Crippen molar-refractivity contribution in [2.24, 2.45) is 5.10 Å². The molecule has 0 spiro atoms. The van der Waals surface area contributed by atoms with E-state index in [-0.39, 0.29) is 6.04 Å². The second kappa shape index (κ2) is 10.8. The molecule has 3 rings (SSSR count). The Morgan fingerprint density at radius 3 is 2.53 bits per heavy atom. The molecule has 0 aliphatic carbocycles. The lowest BCUT2D eigenvalue weighted by Crippen LogP contribution is -2.41. The number of thiazole rings is 1. The first-order valence-corrected chi connectivity index (χ1v) is 11.1. The fraction of sp³-hybridized carbons (Fsp3) is 0.292. The van der Waals surface area contributed by atoms with Gasteiger partial charge in [-0.15, -0.1) is 11.3 Å². The summed E-state index contributed by atoms with van der Waals surface area (Å²) in [4.78, 5) is 16.8. The third kappa shape index (κ3) is 7.39. The first-order valence-electron chi connectivity index (χ1n) is 10.2. The lowest BCUT2D eigenvalue weighted by Gasteiger charge is -2.22. The van der Waals surface area contributed by atoms with Crippen LogP contribution in [0.2, 0.25) is 0 Å². The minimum atomic E-state index is -0.574. The molecule has 1 amide bonds. The van der Waals surface area contributed by atoms with Crippen molar-refractivity contribution in [3.05, 3.63) is 65.5 Å². The van der Waals surface area contributed by atoms with Gasteiger partial charge >= 0.3 is 6.09 Å². The van der Waals surface area contributed by atoms with Crippen LogP contribution in [0.15, 0.2) is 65.1 Å². The summed E-state index contributed by atoms with van der Waals surface area (Å²) in [7, 11) is 1.64. The highest BCUT2D eigenvalue weighted by molar-refractivity contribution is 7.14. The number of nitrogens with zero attached hydrogens (tertiary/aromatic N) is 2. The van der Waals surface area contributed by atoms with Gasteiger partial charge in [-0.1, -0.05) is 30.3 Å². The summed E-state index contributed by atoms with van der Waals surface area (Å²) in [6, 6.07) is 17.3. The lowest BCUT2D eigenvalue weighted by atomic mass is 10.1. The molecule has 0 saturated heterocycles. The van der Waals surface area contributed by atoms with Crippen LogP contribution in [0.1, 0.15) is 26.3 Å². The Morgan fingerprint density at radius 2 is 1.88 bits per heavy atom. The van der Waals surface area contributed by atoms with Crippen molar-refractivity contribution in [1.29, 1.82) is 0 Å². The summed E-state index contributed by atoms with van der Waals surface area (Å²) in [5, 5.41) is 9.79. The highest BCUT2D eigenvalue weighted by atomic mass is 32.1. The molecule has 0 saturated carbocycles. The van der Waals surface area contributed by atoms with Crippen LogP contribution in [0.4, 0.5) is 9.93 Å². The van der Waals surface area contributed by atoms with E-state index in [4.69, 9.17) is 9.47 Å². The molecule has 0 radical (unpaired) electrons. The molecule has 168 valence electrons. The minimum absolute atomic E-state index is 0.347. The second-order valence-electron chi connectivity index (χ2n) is 8.10. The zero-order valence-corrected chi connectivity index (χ0v) is 19.5. The second-order valence-corrected chi connectivity index (χ2v) is 8.96.